The van der Waals surface area contributed by atoms with Crippen LogP contribution in [0.2, 0.25) is 0 Å². The lowest BCUT2D eigenvalue weighted by atomic mass is 10.1. The number of nitrogens with one attached hydrogen (secondary N) is 1. The normalized spacial score (nSPS) is 13.0. The van der Waals surface area contributed by atoms with Gasteiger partial charge in [-0.15, -0.1) is 0 Å². The van der Waals surface area contributed by atoms with Crippen molar-refractivity contribution in [2.75, 3.05) is 6.54 Å². The number of nitrogens with zero attached hydrogens (tertiary/aromatic N) is 1. The van der Waals surface area contributed by atoms with Gasteiger partial charge in [0.05, 0.1) is 0 Å². The van der Waals surface area contributed by atoms with Gasteiger partial charge >= 0.3 is 0 Å². The van der Waals surface area contributed by atoms with Gasteiger partial charge in [0.1, 0.15) is 0 Å². The average molecular weight is 246 g/mol. The van der Waals surface area contributed by atoms with Gasteiger partial charge in [-0.2, -0.15) is 0 Å². The van der Waals surface area contributed by atoms with Gasteiger partial charge < -0.3 is 5.32 Å². The van der Waals surface area contributed by atoms with Crippen molar-refractivity contribution in [1.29, 1.82) is 0 Å². The minimum atomic E-state index is 0.547. The zero-order chi connectivity index (χ0) is 13.1. The third-order valence-corrected chi connectivity index (χ3v) is 3.05. The number of aryl methyl sites for hydroxylation is 1. The number of aromatic nitrogens is 1. The maximum Gasteiger partial charge on any atom is 0.0270 e. The van der Waals surface area contributed by atoms with Gasteiger partial charge in [-0.3, -0.25) is 4.98 Å². The molecule has 1 N–H and O–H groups in total. The predicted molar refractivity (Wildman–Crippen MR) is 78.7 cm³/mol. The molecule has 2 nitrogen and oxygen atoms in total. The van der Waals surface area contributed by atoms with Crippen molar-refractivity contribution in [3.63, 3.8) is 0 Å². The van der Waals surface area contributed by atoms with E-state index < -0.39 is 0 Å². The molecule has 0 amide bonds. The molecule has 0 saturated carbocycles. The second-order valence-corrected chi connectivity index (χ2v) is 4.64. The fourth-order valence-corrected chi connectivity index (χ4v) is 1.91. The first kappa shape index (κ1) is 14.9. The molecular weight excluding hydrogens is 220 g/mol. The lowest BCUT2D eigenvalue weighted by molar-refractivity contribution is 0.572. The Bertz CT molecular complexity index is 319. The molecule has 0 aromatic carbocycles. The molecule has 1 atom stereocenters. The largest absolute Gasteiger partial charge is 0.311 e. The minimum Gasteiger partial charge on any atom is -0.311 e. The number of hydrogen-bond acceptors (Lipinski definition) is 2. The van der Waals surface area contributed by atoms with Gasteiger partial charge in [-0.05, 0) is 56.3 Å². The van der Waals surface area contributed by atoms with Crippen LogP contribution in [-0.4, -0.2) is 17.6 Å². The molecule has 1 unspecified atom stereocenters. The van der Waals surface area contributed by atoms with Crippen molar-refractivity contribution in [3.05, 3.63) is 42.2 Å². The highest BCUT2D eigenvalue weighted by Crippen LogP contribution is 2.04. The van der Waals surface area contributed by atoms with Crippen molar-refractivity contribution < 1.29 is 0 Å². The van der Waals surface area contributed by atoms with E-state index in [-0.39, 0.29) is 0 Å². The third-order valence-electron chi connectivity index (χ3n) is 3.05. The quantitative estimate of drug-likeness (QED) is 0.530. The lowest BCUT2D eigenvalue weighted by Crippen LogP contribution is -2.26. The second-order valence-electron chi connectivity index (χ2n) is 4.64. The average Bonchev–Trinajstić information content (AvgIpc) is 2.43. The smallest absolute Gasteiger partial charge is 0.0270 e. The van der Waals surface area contributed by atoms with E-state index in [1.165, 1.54) is 24.8 Å². The topological polar surface area (TPSA) is 24.9 Å². The van der Waals surface area contributed by atoms with Gasteiger partial charge in [-0.1, -0.05) is 26.0 Å². The number of rotatable bonds is 9. The Kier molecular flexibility index (Phi) is 8.15. The molecule has 0 fully saturated rings. The lowest BCUT2D eigenvalue weighted by Gasteiger charge is -2.11. The van der Waals surface area contributed by atoms with Crippen molar-refractivity contribution >= 4 is 0 Å². The highest BCUT2D eigenvalue weighted by Gasteiger charge is 1.98. The van der Waals surface area contributed by atoms with E-state index in [9.17, 15) is 0 Å². The van der Waals surface area contributed by atoms with Gasteiger partial charge in [0.2, 0.25) is 0 Å². The van der Waals surface area contributed by atoms with Crippen LogP contribution in [0.4, 0.5) is 0 Å². The van der Waals surface area contributed by atoms with Crippen LogP contribution >= 0.6 is 0 Å². The Morgan fingerprint density at radius 3 is 2.72 bits per heavy atom. The molecule has 0 aliphatic carbocycles. The Morgan fingerprint density at radius 2 is 2.06 bits per heavy atom. The highest BCUT2D eigenvalue weighted by atomic mass is 14.9. The molecular formula is C16H26N2. The number of hydrogen-bond donors (Lipinski definition) is 1. The Hall–Kier alpha value is -1.15. The van der Waals surface area contributed by atoms with E-state index in [0.29, 0.717) is 6.04 Å². The van der Waals surface area contributed by atoms with Crippen molar-refractivity contribution in [3.8, 4) is 0 Å². The summed E-state index contributed by atoms with van der Waals surface area (Å²) in [4.78, 5) is 4.03. The zero-order valence-corrected chi connectivity index (χ0v) is 11.7. The van der Waals surface area contributed by atoms with E-state index in [2.05, 4.69) is 48.4 Å². The molecule has 0 aliphatic heterocycles. The zero-order valence-electron chi connectivity index (χ0n) is 11.7. The number of allylic oxidation sites excluding steroid dienone is 1. The maximum absolute atomic E-state index is 4.03. The van der Waals surface area contributed by atoms with Gasteiger partial charge in [0.15, 0.2) is 0 Å². The molecule has 0 spiro atoms. The maximum atomic E-state index is 4.03. The summed E-state index contributed by atoms with van der Waals surface area (Å²) >= 11 is 0. The Labute approximate surface area is 112 Å². The van der Waals surface area contributed by atoms with Crippen LogP contribution in [0.3, 0.4) is 0 Å². The van der Waals surface area contributed by atoms with E-state index in [4.69, 9.17) is 0 Å². The van der Waals surface area contributed by atoms with Gasteiger partial charge in [0.25, 0.3) is 0 Å². The van der Waals surface area contributed by atoms with E-state index in [1.54, 1.807) is 0 Å². The van der Waals surface area contributed by atoms with E-state index in [1.807, 2.05) is 12.4 Å². The summed E-state index contributed by atoms with van der Waals surface area (Å²) in [7, 11) is 0. The van der Waals surface area contributed by atoms with Gasteiger partial charge in [-0.25, -0.2) is 0 Å². The van der Waals surface area contributed by atoms with Crippen molar-refractivity contribution in [2.45, 2.75) is 52.0 Å². The summed E-state index contributed by atoms with van der Waals surface area (Å²) in [5.74, 6) is 0. The second kappa shape index (κ2) is 9.84. The molecule has 1 aromatic rings. The van der Waals surface area contributed by atoms with Crippen LogP contribution < -0.4 is 5.32 Å². The fraction of sp³-hybridized carbons (Fsp3) is 0.562. The van der Waals surface area contributed by atoms with Crippen molar-refractivity contribution in [1.82, 2.24) is 10.3 Å². The molecule has 0 radical (unpaired) electrons. The minimum absolute atomic E-state index is 0.547. The van der Waals surface area contributed by atoms with E-state index >= 15 is 0 Å². The Balaban J connectivity index is 2.16. The fourth-order valence-electron chi connectivity index (χ4n) is 1.91. The molecule has 0 bridgehead atoms. The van der Waals surface area contributed by atoms with Crippen molar-refractivity contribution in [2.24, 2.45) is 0 Å². The number of unbranched alkanes of at least 4 members (excludes halogenated alkanes) is 1. The molecule has 0 aliphatic rings. The van der Waals surface area contributed by atoms with Crippen LogP contribution in [0, 0.1) is 0 Å². The highest BCUT2D eigenvalue weighted by molar-refractivity contribution is 5.09. The molecule has 100 valence electrons. The van der Waals surface area contributed by atoms with Gasteiger partial charge in [0, 0.05) is 18.4 Å². The van der Waals surface area contributed by atoms with Crippen LogP contribution in [-0.2, 0) is 6.42 Å². The Morgan fingerprint density at radius 1 is 1.28 bits per heavy atom. The number of pyridine rings is 1. The molecule has 18 heavy (non-hydrogen) atoms. The predicted octanol–water partition coefficient (Wildman–Crippen LogP) is 3.74. The molecule has 1 rings (SSSR count). The van der Waals surface area contributed by atoms with Crippen LogP contribution in [0.1, 0.15) is 45.1 Å². The standard InChI is InChI=1S/C16H26N2/c1-3-12-18-16(4-2)9-7-5-6-8-15-10-13-17-14-11-15/h7,9-11,13-14,16,18H,3-6,8,12H2,1-2H3/b9-7-. The first-order valence-corrected chi connectivity index (χ1v) is 7.15. The molecule has 2 heteroatoms. The summed E-state index contributed by atoms with van der Waals surface area (Å²) in [6, 6.07) is 4.74. The van der Waals surface area contributed by atoms with Crippen LogP contribution in [0.25, 0.3) is 0 Å². The van der Waals surface area contributed by atoms with E-state index in [0.717, 1.165) is 19.4 Å². The first-order chi connectivity index (χ1) is 8.86. The molecule has 1 heterocycles. The monoisotopic (exact) mass is 246 g/mol. The molecule has 0 saturated heterocycles. The summed E-state index contributed by atoms with van der Waals surface area (Å²) in [5, 5.41) is 3.53. The first-order valence-electron chi connectivity index (χ1n) is 7.15. The van der Waals surface area contributed by atoms with Crippen LogP contribution in [0.5, 0.6) is 0 Å². The SMILES string of the molecule is CCCNC(/C=C\CCCc1ccncc1)CC. The van der Waals surface area contributed by atoms with Crippen LogP contribution in [0.15, 0.2) is 36.7 Å². The summed E-state index contributed by atoms with van der Waals surface area (Å²) in [5.41, 5.74) is 1.38. The summed E-state index contributed by atoms with van der Waals surface area (Å²) in [6.45, 7) is 5.55. The summed E-state index contributed by atoms with van der Waals surface area (Å²) in [6.07, 6.45) is 14.3. The summed E-state index contributed by atoms with van der Waals surface area (Å²) < 4.78 is 0. The molecule has 1 aromatic heterocycles. The third kappa shape index (κ3) is 6.55.